The number of Topliss-reactive ketones (excluding diaryl/α,β-unsaturated/α-hetero) is 2. The summed E-state index contributed by atoms with van der Waals surface area (Å²) in [4.78, 5) is 45.7. The van der Waals surface area contributed by atoms with Crippen LogP contribution in [0.15, 0.2) is 45.3 Å². The molecule has 2 aromatic rings. The molecule has 1 fully saturated rings. The first-order chi connectivity index (χ1) is 20.8. The lowest BCUT2D eigenvalue weighted by Crippen LogP contribution is -2.63. The van der Waals surface area contributed by atoms with Crippen molar-refractivity contribution in [1.82, 2.24) is 9.80 Å². The van der Waals surface area contributed by atoms with Crippen molar-refractivity contribution in [2.45, 2.75) is 43.9 Å². The lowest BCUT2D eigenvalue weighted by atomic mass is 9.58. The molecule has 6 rings (SSSR count). The first-order valence-electron chi connectivity index (χ1n) is 14.8. The van der Waals surface area contributed by atoms with E-state index >= 15 is 0 Å². The first kappa shape index (κ1) is 29.9. The Morgan fingerprint density at radius 1 is 1.11 bits per heavy atom. The lowest BCUT2D eigenvalue weighted by Gasteiger charge is -2.50. The number of phenolic OH excluding ortho intramolecular Hbond substituents is 1. The molecule has 0 bridgehead atoms. The highest BCUT2D eigenvalue weighted by atomic mass is 16.4. The zero-order chi connectivity index (χ0) is 31.8. The van der Waals surface area contributed by atoms with Crippen LogP contribution >= 0.6 is 0 Å². The van der Waals surface area contributed by atoms with Gasteiger partial charge in [0, 0.05) is 31.3 Å². The number of fused-ring (bicyclic) bond motifs is 3. The van der Waals surface area contributed by atoms with Crippen molar-refractivity contribution in [2.75, 3.05) is 46.2 Å². The second kappa shape index (κ2) is 10.5. The third-order valence-corrected chi connectivity index (χ3v) is 9.69. The van der Waals surface area contributed by atoms with Gasteiger partial charge in [0.25, 0.3) is 5.91 Å². The van der Waals surface area contributed by atoms with Gasteiger partial charge in [-0.15, -0.1) is 0 Å². The molecule has 1 aliphatic heterocycles. The highest BCUT2D eigenvalue weighted by Crippen LogP contribution is 2.54. The zero-order valence-corrected chi connectivity index (χ0v) is 25.3. The average molecular weight is 607 g/mol. The topological polar surface area (TPSA) is 181 Å². The van der Waals surface area contributed by atoms with E-state index in [1.54, 1.807) is 26.2 Å². The minimum absolute atomic E-state index is 0.0270. The number of ketones is 2. The van der Waals surface area contributed by atoms with Gasteiger partial charge in [-0.1, -0.05) is 0 Å². The van der Waals surface area contributed by atoms with E-state index in [0.29, 0.717) is 29.1 Å². The summed E-state index contributed by atoms with van der Waals surface area (Å²) >= 11 is 0. The average Bonchev–Trinajstić information content (AvgIpc) is 3.63. The first-order valence-corrected chi connectivity index (χ1v) is 14.8. The van der Waals surface area contributed by atoms with E-state index in [9.17, 15) is 34.8 Å². The number of phenols is 1. The van der Waals surface area contributed by atoms with Crippen LogP contribution in [0.3, 0.4) is 0 Å². The van der Waals surface area contributed by atoms with Crippen molar-refractivity contribution >= 4 is 23.2 Å². The standard InChI is InChI=1S/C32H38N4O8/c1-34(2)20-13-18(21-8-7-16(44-21)14-36-9-5-6-10-36)26(37)23-17(20)11-15-12-19-25(35(3)4)28(39)24(31(33)42)30(41)32(19,43)29(40)22(15)27(23)38/h7-8,13,15,19,25,37,39-40,43H,5-6,9-12,14H2,1-4H3,(H2,33,42)/t15-,19-,25?,32-/m0/s1. The largest absolute Gasteiger partial charge is 0.510 e. The number of rotatable bonds is 6. The summed E-state index contributed by atoms with van der Waals surface area (Å²) in [6.07, 6.45) is 2.50. The molecule has 3 aliphatic carbocycles. The SMILES string of the molecule is CN(C)c1cc(-c2ccc(CN3CCCC3)o2)c(O)c2c1C[C@H]1C[C@H]3C(N(C)C)C(O)=C(C(N)=O)C(=O)[C@@]3(O)C(O)=C1C2=O. The number of carbonyl (C=O) groups is 3. The lowest BCUT2D eigenvalue weighted by molar-refractivity contribution is -0.148. The van der Waals surface area contributed by atoms with Gasteiger partial charge in [0.1, 0.15) is 34.4 Å². The molecule has 44 heavy (non-hydrogen) atoms. The number of allylic oxidation sites excluding steroid dienone is 1. The fourth-order valence-corrected chi connectivity index (χ4v) is 7.65. The van der Waals surface area contributed by atoms with Gasteiger partial charge in [-0.05, 0) is 82.5 Å². The van der Waals surface area contributed by atoms with Crippen molar-refractivity contribution in [3.8, 4) is 17.1 Å². The summed E-state index contributed by atoms with van der Waals surface area (Å²) in [7, 11) is 6.84. The maximum absolute atomic E-state index is 14.3. The number of aromatic hydroxyl groups is 1. The second-order valence-corrected chi connectivity index (χ2v) is 12.8. The van der Waals surface area contributed by atoms with E-state index in [1.807, 2.05) is 25.1 Å². The minimum Gasteiger partial charge on any atom is -0.510 e. The number of carbonyl (C=O) groups excluding carboxylic acids is 3. The monoisotopic (exact) mass is 606 g/mol. The summed E-state index contributed by atoms with van der Waals surface area (Å²) in [5.41, 5.74) is 3.17. The Morgan fingerprint density at radius 2 is 1.80 bits per heavy atom. The Hall–Kier alpha value is -4.13. The molecule has 0 radical (unpaired) electrons. The van der Waals surface area contributed by atoms with Gasteiger partial charge in [0.15, 0.2) is 11.4 Å². The van der Waals surface area contributed by atoms with Crippen molar-refractivity contribution in [3.05, 3.63) is 57.8 Å². The Kier molecular flexibility index (Phi) is 7.14. The molecule has 4 aliphatic rings. The summed E-state index contributed by atoms with van der Waals surface area (Å²) in [6, 6.07) is 4.33. The Labute approximate surface area is 254 Å². The zero-order valence-electron chi connectivity index (χ0n) is 25.3. The number of likely N-dealkylation sites (N-methyl/N-ethyl adjacent to an activating group) is 1. The fourth-order valence-electron chi connectivity index (χ4n) is 7.65. The molecule has 1 amide bonds. The van der Waals surface area contributed by atoms with Crippen molar-refractivity contribution in [2.24, 2.45) is 17.6 Å². The predicted octanol–water partition coefficient (Wildman–Crippen LogP) is 2.04. The summed E-state index contributed by atoms with van der Waals surface area (Å²) in [6.45, 7) is 2.60. The molecule has 4 atom stereocenters. The molecule has 234 valence electrons. The second-order valence-electron chi connectivity index (χ2n) is 12.8. The maximum Gasteiger partial charge on any atom is 0.255 e. The van der Waals surface area contributed by atoms with Crippen LogP contribution in [0.2, 0.25) is 0 Å². The van der Waals surface area contributed by atoms with Gasteiger partial charge < -0.3 is 35.5 Å². The molecule has 2 heterocycles. The molecule has 12 nitrogen and oxygen atoms in total. The molecular weight excluding hydrogens is 568 g/mol. The predicted molar refractivity (Wildman–Crippen MR) is 160 cm³/mol. The molecule has 1 aromatic carbocycles. The molecule has 12 heteroatoms. The number of anilines is 1. The number of benzene rings is 1. The van der Waals surface area contributed by atoms with Crippen molar-refractivity contribution in [1.29, 1.82) is 0 Å². The number of hydrogen-bond acceptors (Lipinski definition) is 11. The van der Waals surface area contributed by atoms with Gasteiger partial charge in [-0.3, -0.25) is 24.2 Å². The van der Waals surface area contributed by atoms with E-state index < -0.39 is 58.0 Å². The number of aliphatic hydroxyl groups is 3. The van der Waals surface area contributed by atoms with E-state index in [0.717, 1.165) is 31.7 Å². The third-order valence-electron chi connectivity index (χ3n) is 9.69. The molecule has 6 N–H and O–H groups in total. The third kappa shape index (κ3) is 4.26. The number of nitrogens with two attached hydrogens (primary N) is 1. The van der Waals surface area contributed by atoms with Gasteiger partial charge in [0.2, 0.25) is 5.78 Å². The van der Waals surface area contributed by atoms with Crippen LogP contribution in [0, 0.1) is 11.8 Å². The van der Waals surface area contributed by atoms with Gasteiger partial charge >= 0.3 is 0 Å². The van der Waals surface area contributed by atoms with Gasteiger partial charge in [-0.25, -0.2) is 0 Å². The Balaban J connectivity index is 1.49. The highest BCUT2D eigenvalue weighted by molar-refractivity contribution is 6.25. The summed E-state index contributed by atoms with van der Waals surface area (Å²) < 4.78 is 6.13. The van der Waals surface area contributed by atoms with Gasteiger partial charge in [0.05, 0.1) is 23.7 Å². The number of nitrogens with zero attached hydrogens (tertiary/aromatic N) is 3. The number of aliphatic hydroxyl groups excluding tert-OH is 2. The van der Waals surface area contributed by atoms with Crippen LogP contribution in [-0.2, 0) is 22.6 Å². The Bertz CT molecular complexity index is 1650. The maximum atomic E-state index is 14.3. The number of furan rings is 1. The van der Waals surface area contributed by atoms with Gasteiger partial charge in [-0.2, -0.15) is 0 Å². The van der Waals surface area contributed by atoms with E-state index in [1.165, 1.54) is 4.90 Å². The summed E-state index contributed by atoms with van der Waals surface area (Å²) in [5.74, 6) is -5.71. The van der Waals surface area contributed by atoms with Crippen LogP contribution < -0.4 is 10.6 Å². The molecular formula is C32H38N4O8. The van der Waals surface area contributed by atoms with Crippen LogP contribution in [-0.4, -0.2) is 101 Å². The van der Waals surface area contributed by atoms with Crippen LogP contribution in [0.4, 0.5) is 5.69 Å². The molecule has 1 aromatic heterocycles. The molecule has 1 unspecified atom stereocenters. The van der Waals surface area contributed by atoms with E-state index in [-0.39, 0.29) is 29.7 Å². The number of amides is 1. The van der Waals surface area contributed by atoms with Crippen LogP contribution in [0.5, 0.6) is 5.75 Å². The summed E-state index contributed by atoms with van der Waals surface area (Å²) in [5, 5.41) is 46.0. The van der Waals surface area contributed by atoms with E-state index in [2.05, 4.69) is 4.90 Å². The van der Waals surface area contributed by atoms with Crippen molar-refractivity contribution < 1.29 is 39.2 Å². The normalized spacial score (nSPS) is 27.1. The van der Waals surface area contributed by atoms with Crippen LogP contribution in [0.25, 0.3) is 11.3 Å². The molecule has 0 spiro atoms. The van der Waals surface area contributed by atoms with E-state index in [4.69, 9.17) is 10.2 Å². The quantitative estimate of drug-likeness (QED) is 0.304. The molecule has 0 saturated carbocycles. The highest BCUT2D eigenvalue weighted by Gasteiger charge is 2.63. The van der Waals surface area contributed by atoms with Crippen molar-refractivity contribution in [3.63, 3.8) is 0 Å². The fraction of sp³-hybridized carbons (Fsp3) is 0.469. The smallest absolute Gasteiger partial charge is 0.255 e. The number of hydrogen-bond donors (Lipinski definition) is 5. The molecule has 1 saturated heterocycles. The number of likely N-dealkylation sites (tertiary alicyclic amines) is 1. The minimum atomic E-state index is -2.69. The Morgan fingerprint density at radius 3 is 2.41 bits per heavy atom. The number of primary amides is 1. The van der Waals surface area contributed by atoms with Crippen LogP contribution in [0.1, 0.15) is 40.9 Å².